The predicted octanol–water partition coefficient (Wildman–Crippen LogP) is 5.34. The third-order valence-corrected chi connectivity index (χ3v) is 5.73. The molecule has 2 atom stereocenters. The van der Waals surface area contributed by atoms with Crippen molar-refractivity contribution >= 4 is 12.1 Å². The number of esters is 1. The Balaban J connectivity index is 1.88. The number of aryl methyl sites for hydroxylation is 1. The number of nitrogens with two attached hydrogens (primary N) is 1. The molecule has 168 valence electrons. The molecule has 1 amide bonds. The van der Waals surface area contributed by atoms with Crippen molar-refractivity contribution in [3.05, 3.63) is 89.7 Å². The lowest BCUT2D eigenvalue weighted by Crippen LogP contribution is -2.41. The molecule has 32 heavy (non-hydrogen) atoms. The Kier molecular flexibility index (Phi) is 7.36. The molecule has 0 saturated carbocycles. The summed E-state index contributed by atoms with van der Waals surface area (Å²) in [4.78, 5) is 24.2. The van der Waals surface area contributed by atoms with Crippen molar-refractivity contribution in [3.63, 3.8) is 0 Å². The van der Waals surface area contributed by atoms with E-state index in [9.17, 15) is 14.7 Å². The van der Waals surface area contributed by atoms with Gasteiger partial charge in [-0.15, -0.1) is 6.58 Å². The van der Waals surface area contributed by atoms with Gasteiger partial charge in [-0.2, -0.15) is 0 Å². The summed E-state index contributed by atoms with van der Waals surface area (Å²) in [7, 11) is 0. The van der Waals surface area contributed by atoms with E-state index in [1.54, 1.807) is 30.3 Å². The molecule has 6 nitrogen and oxygen atoms in total. The van der Waals surface area contributed by atoms with E-state index < -0.39 is 23.6 Å². The first-order valence-electron chi connectivity index (χ1n) is 10.8. The highest BCUT2D eigenvalue weighted by Gasteiger charge is 2.42. The van der Waals surface area contributed by atoms with Gasteiger partial charge in [-0.25, -0.2) is 9.59 Å². The molecule has 0 fully saturated rings. The van der Waals surface area contributed by atoms with Crippen LogP contribution in [0.3, 0.4) is 0 Å². The molecule has 1 aliphatic rings. The Morgan fingerprint density at radius 2 is 2.00 bits per heavy atom. The second-order valence-electron chi connectivity index (χ2n) is 8.05. The van der Waals surface area contributed by atoms with Gasteiger partial charge in [-0.1, -0.05) is 61.9 Å². The number of aliphatic hydroxyl groups is 1. The van der Waals surface area contributed by atoms with Crippen LogP contribution in [0.4, 0.5) is 4.79 Å². The van der Waals surface area contributed by atoms with Crippen molar-refractivity contribution in [3.8, 4) is 5.75 Å². The molecule has 1 aliphatic heterocycles. The van der Waals surface area contributed by atoms with Crippen molar-refractivity contribution < 1.29 is 24.2 Å². The molecule has 1 heterocycles. The standard InChI is InChI=1S/C26H29NO5/c1-3-14-26(15-13-18-9-6-5-7-10-18)17-22(28)23(24(29)32-26)21(4-2)19-11-8-12-20(16-19)31-25(27)30/h4-12,16,21,28H,2-3,13-15,17H2,1H3,(H2,27,30)/t21-,26?/m1/s1. The van der Waals surface area contributed by atoms with Crippen molar-refractivity contribution in [1.82, 2.24) is 0 Å². The summed E-state index contributed by atoms with van der Waals surface area (Å²) in [6, 6.07) is 16.6. The van der Waals surface area contributed by atoms with Crippen LogP contribution in [0.15, 0.2) is 78.6 Å². The van der Waals surface area contributed by atoms with Crippen LogP contribution in [0.1, 0.15) is 49.7 Å². The molecule has 3 rings (SSSR count). The van der Waals surface area contributed by atoms with Gasteiger partial charge in [-0.05, 0) is 42.5 Å². The lowest BCUT2D eigenvalue weighted by molar-refractivity contribution is -0.161. The Bertz CT molecular complexity index is 1010. The van der Waals surface area contributed by atoms with Gasteiger partial charge in [-0.3, -0.25) is 0 Å². The van der Waals surface area contributed by atoms with E-state index in [2.05, 4.69) is 6.58 Å². The van der Waals surface area contributed by atoms with Gasteiger partial charge in [0.1, 0.15) is 17.1 Å². The number of ether oxygens (including phenoxy) is 2. The maximum atomic E-state index is 13.1. The van der Waals surface area contributed by atoms with E-state index >= 15 is 0 Å². The minimum absolute atomic E-state index is 0.00823. The number of carbonyl (C=O) groups excluding carboxylic acids is 2. The number of primary amides is 1. The Labute approximate surface area is 188 Å². The van der Waals surface area contributed by atoms with Crippen LogP contribution >= 0.6 is 0 Å². The molecular formula is C26H29NO5. The first-order chi connectivity index (χ1) is 15.4. The van der Waals surface area contributed by atoms with Crippen molar-refractivity contribution in [2.24, 2.45) is 5.73 Å². The van der Waals surface area contributed by atoms with Crippen LogP contribution in [0.25, 0.3) is 0 Å². The van der Waals surface area contributed by atoms with Gasteiger partial charge >= 0.3 is 12.1 Å². The van der Waals surface area contributed by atoms with Crippen molar-refractivity contribution in [1.29, 1.82) is 0 Å². The van der Waals surface area contributed by atoms with E-state index in [-0.39, 0.29) is 23.5 Å². The van der Waals surface area contributed by atoms with Crippen molar-refractivity contribution in [2.75, 3.05) is 0 Å². The number of hydrogen-bond acceptors (Lipinski definition) is 5. The average Bonchev–Trinajstić information content (AvgIpc) is 2.75. The quantitative estimate of drug-likeness (QED) is 0.409. The highest BCUT2D eigenvalue weighted by atomic mass is 16.6. The van der Waals surface area contributed by atoms with Gasteiger partial charge in [0, 0.05) is 12.3 Å². The van der Waals surface area contributed by atoms with Gasteiger partial charge in [0.15, 0.2) is 0 Å². The molecule has 2 aromatic carbocycles. The number of cyclic esters (lactones) is 1. The van der Waals surface area contributed by atoms with E-state index in [1.807, 2.05) is 37.3 Å². The first kappa shape index (κ1) is 23.1. The van der Waals surface area contributed by atoms with Crippen LogP contribution < -0.4 is 10.5 Å². The third kappa shape index (κ3) is 5.38. The maximum absolute atomic E-state index is 13.1. The summed E-state index contributed by atoms with van der Waals surface area (Å²) in [5, 5.41) is 11.0. The molecule has 0 aromatic heterocycles. The topological polar surface area (TPSA) is 98.8 Å². The summed E-state index contributed by atoms with van der Waals surface area (Å²) in [5.41, 5.74) is 6.28. The van der Waals surface area contributed by atoms with Crippen molar-refractivity contribution in [2.45, 2.75) is 50.5 Å². The molecule has 2 aromatic rings. The van der Waals surface area contributed by atoms with Crippen LogP contribution in [-0.4, -0.2) is 22.8 Å². The Morgan fingerprint density at radius 1 is 1.25 bits per heavy atom. The maximum Gasteiger partial charge on any atom is 0.409 e. The molecule has 0 aliphatic carbocycles. The fourth-order valence-electron chi connectivity index (χ4n) is 4.30. The van der Waals surface area contributed by atoms with E-state index in [4.69, 9.17) is 15.2 Å². The van der Waals surface area contributed by atoms with Gasteiger partial charge in [0.2, 0.25) is 0 Å². The van der Waals surface area contributed by atoms with Gasteiger partial charge in [0.25, 0.3) is 0 Å². The fourth-order valence-corrected chi connectivity index (χ4v) is 4.30. The number of carbonyl (C=O) groups is 2. The number of benzene rings is 2. The second-order valence-corrected chi connectivity index (χ2v) is 8.05. The summed E-state index contributed by atoms with van der Waals surface area (Å²) < 4.78 is 10.9. The predicted molar refractivity (Wildman–Crippen MR) is 122 cm³/mol. The minimum atomic E-state index is -0.931. The number of amides is 1. The first-order valence-corrected chi connectivity index (χ1v) is 10.8. The highest BCUT2D eigenvalue weighted by Crippen LogP contribution is 2.41. The number of aliphatic hydroxyl groups excluding tert-OH is 1. The molecule has 0 saturated heterocycles. The summed E-state index contributed by atoms with van der Waals surface area (Å²) in [6.07, 6.45) is 3.72. The van der Waals surface area contributed by atoms with Crippen LogP contribution in [-0.2, 0) is 16.0 Å². The second kappa shape index (κ2) is 10.2. The van der Waals surface area contributed by atoms with Crippen LogP contribution in [0.2, 0.25) is 0 Å². The summed E-state index contributed by atoms with van der Waals surface area (Å²) in [5.74, 6) is -0.919. The highest BCUT2D eigenvalue weighted by molar-refractivity contribution is 5.92. The SMILES string of the molecule is C=C[C@@H](C1=C(O)CC(CCC)(CCc2ccccc2)OC1=O)c1cccc(OC(N)=O)c1. The molecule has 0 radical (unpaired) electrons. The molecule has 3 N–H and O–H groups in total. The zero-order valence-electron chi connectivity index (χ0n) is 18.3. The molecular weight excluding hydrogens is 406 g/mol. The summed E-state index contributed by atoms with van der Waals surface area (Å²) >= 11 is 0. The number of hydrogen-bond donors (Lipinski definition) is 2. The normalized spacial score (nSPS) is 19.2. The van der Waals surface area contributed by atoms with Gasteiger partial charge in [0.05, 0.1) is 5.57 Å². The van der Waals surface area contributed by atoms with E-state index in [0.717, 1.165) is 18.4 Å². The average molecular weight is 436 g/mol. The Hall–Kier alpha value is -3.54. The van der Waals surface area contributed by atoms with Gasteiger partial charge < -0.3 is 20.3 Å². The lowest BCUT2D eigenvalue weighted by atomic mass is 9.80. The number of rotatable bonds is 9. The zero-order chi connectivity index (χ0) is 23.1. The Morgan fingerprint density at radius 3 is 2.62 bits per heavy atom. The van der Waals surface area contributed by atoms with Crippen LogP contribution in [0.5, 0.6) is 5.75 Å². The lowest BCUT2D eigenvalue weighted by Gasteiger charge is -2.38. The fraction of sp³-hybridized carbons (Fsp3) is 0.308. The third-order valence-electron chi connectivity index (χ3n) is 5.73. The number of allylic oxidation sites excluding steroid dienone is 1. The zero-order valence-corrected chi connectivity index (χ0v) is 18.3. The summed E-state index contributed by atoms with van der Waals surface area (Å²) in [6.45, 7) is 5.87. The molecule has 6 heteroatoms. The van der Waals surface area contributed by atoms with Crippen LogP contribution in [0, 0.1) is 0 Å². The molecule has 0 bridgehead atoms. The molecule has 0 spiro atoms. The molecule has 1 unspecified atom stereocenters. The largest absolute Gasteiger partial charge is 0.512 e. The smallest absolute Gasteiger partial charge is 0.409 e. The van der Waals surface area contributed by atoms with E-state index in [0.29, 0.717) is 18.4 Å². The monoisotopic (exact) mass is 435 g/mol. The van der Waals surface area contributed by atoms with E-state index in [1.165, 1.54) is 0 Å². The minimum Gasteiger partial charge on any atom is -0.512 e.